The van der Waals surface area contributed by atoms with Crippen molar-refractivity contribution >= 4 is 11.6 Å². The zero-order valence-corrected chi connectivity index (χ0v) is 17.4. The standard InChI is InChI=1S/C20H26N8O2/c1-4-21-20(22-9-10-26-14-18(13-24-26)28(29)30)23-12-17-7-5-6-8-19(17)27-16(3)11-15(2)25-27/h5-8,11,13-14H,4,9-10,12H2,1-3H3,(H2,21,22,23). The molecule has 0 aliphatic heterocycles. The molecule has 0 unspecified atom stereocenters. The average Bonchev–Trinajstić information content (AvgIpc) is 3.32. The van der Waals surface area contributed by atoms with Crippen molar-refractivity contribution in [2.24, 2.45) is 4.99 Å². The van der Waals surface area contributed by atoms with Crippen LogP contribution in [0.3, 0.4) is 0 Å². The third kappa shape index (κ3) is 5.22. The SMILES string of the molecule is CCNC(=NCc1ccccc1-n1nc(C)cc1C)NCCn1cc([N+](=O)[O-])cn1. The summed E-state index contributed by atoms with van der Waals surface area (Å²) in [4.78, 5) is 15.0. The van der Waals surface area contributed by atoms with Gasteiger partial charge in [-0.15, -0.1) is 0 Å². The van der Waals surface area contributed by atoms with Crippen molar-refractivity contribution in [1.29, 1.82) is 0 Å². The molecule has 3 rings (SSSR count). The lowest BCUT2D eigenvalue weighted by Gasteiger charge is -2.13. The summed E-state index contributed by atoms with van der Waals surface area (Å²) in [5.74, 6) is 0.669. The normalized spacial score (nSPS) is 11.5. The first-order chi connectivity index (χ1) is 14.5. The lowest BCUT2D eigenvalue weighted by Crippen LogP contribution is -2.38. The summed E-state index contributed by atoms with van der Waals surface area (Å²) in [6.07, 6.45) is 2.66. The van der Waals surface area contributed by atoms with E-state index in [9.17, 15) is 10.1 Å². The molecule has 0 saturated heterocycles. The maximum absolute atomic E-state index is 10.8. The number of aryl methyl sites for hydroxylation is 2. The lowest BCUT2D eigenvalue weighted by atomic mass is 10.2. The second-order valence-electron chi connectivity index (χ2n) is 6.81. The van der Waals surface area contributed by atoms with Gasteiger partial charge in [-0.25, -0.2) is 9.67 Å². The smallest absolute Gasteiger partial charge is 0.306 e. The number of hydrogen-bond acceptors (Lipinski definition) is 5. The molecule has 2 heterocycles. The van der Waals surface area contributed by atoms with E-state index in [-0.39, 0.29) is 5.69 Å². The Kier molecular flexibility index (Phi) is 6.79. The van der Waals surface area contributed by atoms with Gasteiger partial charge >= 0.3 is 5.69 Å². The van der Waals surface area contributed by atoms with Crippen LogP contribution in [0.15, 0.2) is 47.7 Å². The molecule has 0 aliphatic rings. The van der Waals surface area contributed by atoms with Crippen molar-refractivity contribution in [3.63, 3.8) is 0 Å². The molecule has 0 bridgehead atoms. The summed E-state index contributed by atoms with van der Waals surface area (Å²) in [5, 5.41) is 25.8. The van der Waals surface area contributed by atoms with Crippen LogP contribution in [0.1, 0.15) is 23.9 Å². The molecule has 0 fully saturated rings. The number of rotatable bonds is 8. The van der Waals surface area contributed by atoms with Gasteiger partial charge in [-0.1, -0.05) is 18.2 Å². The Morgan fingerprint density at radius 3 is 2.73 bits per heavy atom. The van der Waals surface area contributed by atoms with Crippen LogP contribution >= 0.6 is 0 Å². The summed E-state index contributed by atoms with van der Waals surface area (Å²) in [5.41, 5.74) is 4.09. The van der Waals surface area contributed by atoms with Gasteiger partial charge in [0.2, 0.25) is 0 Å². The van der Waals surface area contributed by atoms with Crippen LogP contribution in [0.5, 0.6) is 0 Å². The number of hydrogen-bond donors (Lipinski definition) is 2. The summed E-state index contributed by atoms with van der Waals surface area (Å²) in [6.45, 7) is 8.23. The van der Waals surface area contributed by atoms with Crippen molar-refractivity contribution in [3.05, 3.63) is 69.8 Å². The Labute approximate surface area is 174 Å². The van der Waals surface area contributed by atoms with Gasteiger partial charge in [0.05, 0.1) is 29.4 Å². The van der Waals surface area contributed by atoms with Gasteiger partial charge in [0.25, 0.3) is 0 Å². The molecule has 3 aromatic rings. The van der Waals surface area contributed by atoms with Crippen molar-refractivity contribution in [3.8, 4) is 5.69 Å². The molecule has 0 spiro atoms. The fraction of sp³-hybridized carbons (Fsp3) is 0.350. The van der Waals surface area contributed by atoms with Gasteiger partial charge in [-0.05, 0) is 38.5 Å². The zero-order chi connectivity index (χ0) is 21.5. The minimum absolute atomic E-state index is 0.0173. The Bertz CT molecular complexity index is 1040. The van der Waals surface area contributed by atoms with Gasteiger partial charge in [-0.2, -0.15) is 10.2 Å². The largest absolute Gasteiger partial charge is 0.357 e. The number of guanidine groups is 1. The van der Waals surface area contributed by atoms with Gasteiger partial charge in [0.15, 0.2) is 5.96 Å². The molecule has 0 amide bonds. The first-order valence-corrected chi connectivity index (χ1v) is 9.78. The molecule has 10 heteroatoms. The number of para-hydroxylation sites is 1. The highest BCUT2D eigenvalue weighted by Gasteiger charge is 2.10. The maximum Gasteiger partial charge on any atom is 0.306 e. The van der Waals surface area contributed by atoms with Crippen LogP contribution in [0, 0.1) is 24.0 Å². The zero-order valence-electron chi connectivity index (χ0n) is 17.4. The monoisotopic (exact) mass is 410 g/mol. The third-order valence-electron chi connectivity index (χ3n) is 4.44. The highest BCUT2D eigenvalue weighted by Crippen LogP contribution is 2.17. The first kappa shape index (κ1) is 21.0. The predicted molar refractivity (Wildman–Crippen MR) is 115 cm³/mol. The molecule has 2 N–H and O–H groups in total. The Hall–Kier alpha value is -3.69. The van der Waals surface area contributed by atoms with E-state index in [1.807, 2.05) is 55.8 Å². The van der Waals surface area contributed by atoms with Crippen molar-refractivity contribution in [1.82, 2.24) is 30.2 Å². The van der Waals surface area contributed by atoms with Crippen LogP contribution in [-0.2, 0) is 13.1 Å². The molecule has 10 nitrogen and oxygen atoms in total. The molecule has 30 heavy (non-hydrogen) atoms. The van der Waals surface area contributed by atoms with Crippen molar-refractivity contribution in [2.75, 3.05) is 13.1 Å². The minimum atomic E-state index is -0.456. The summed E-state index contributed by atoms with van der Waals surface area (Å²) >= 11 is 0. The number of nitrogens with zero attached hydrogens (tertiary/aromatic N) is 6. The molecular weight excluding hydrogens is 384 g/mol. The third-order valence-corrected chi connectivity index (χ3v) is 4.44. The van der Waals surface area contributed by atoms with E-state index in [2.05, 4.69) is 25.8 Å². The van der Waals surface area contributed by atoms with Crippen molar-refractivity contribution in [2.45, 2.75) is 33.9 Å². The average molecular weight is 410 g/mol. The van der Waals surface area contributed by atoms with Crippen LogP contribution < -0.4 is 10.6 Å². The lowest BCUT2D eigenvalue weighted by molar-refractivity contribution is -0.385. The van der Waals surface area contributed by atoms with Crippen LogP contribution in [0.25, 0.3) is 5.69 Å². The molecule has 1 aromatic carbocycles. The molecule has 2 aromatic heterocycles. The van der Waals surface area contributed by atoms with E-state index in [1.54, 1.807) is 0 Å². The molecule has 0 radical (unpaired) electrons. The van der Waals surface area contributed by atoms with Crippen LogP contribution in [-0.4, -0.2) is 43.5 Å². The molecule has 0 atom stereocenters. The fourth-order valence-electron chi connectivity index (χ4n) is 3.09. The second-order valence-corrected chi connectivity index (χ2v) is 6.81. The van der Waals surface area contributed by atoms with Crippen LogP contribution in [0.4, 0.5) is 5.69 Å². The quantitative estimate of drug-likeness (QED) is 0.255. The Morgan fingerprint density at radius 2 is 2.07 bits per heavy atom. The minimum Gasteiger partial charge on any atom is -0.357 e. The maximum atomic E-state index is 10.8. The predicted octanol–water partition coefficient (Wildman–Crippen LogP) is 2.35. The number of nitro groups is 1. The van der Waals surface area contributed by atoms with Gasteiger partial charge in [0, 0.05) is 18.8 Å². The molecule has 0 aliphatic carbocycles. The van der Waals surface area contributed by atoms with Gasteiger partial charge in [0.1, 0.15) is 12.4 Å². The highest BCUT2D eigenvalue weighted by atomic mass is 16.6. The summed E-state index contributed by atoms with van der Waals surface area (Å²) in [7, 11) is 0. The van der Waals surface area contributed by atoms with Crippen molar-refractivity contribution < 1.29 is 4.92 Å². The molecular formula is C20H26N8O2. The number of benzene rings is 1. The number of nitrogens with one attached hydrogen (secondary N) is 2. The Balaban J connectivity index is 1.67. The Morgan fingerprint density at radius 1 is 1.27 bits per heavy atom. The van der Waals surface area contributed by atoms with Gasteiger partial charge in [-0.3, -0.25) is 14.8 Å². The van der Waals surface area contributed by atoms with E-state index in [0.717, 1.165) is 29.2 Å². The molecule has 158 valence electrons. The number of aliphatic imine (C=N–C) groups is 1. The van der Waals surface area contributed by atoms with E-state index in [1.165, 1.54) is 17.1 Å². The highest BCUT2D eigenvalue weighted by molar-refractivity contribution is 5.79. The van der Waals surface area contributed by atoms with E-state index >= 15 is 0 Å². The number of aromatic nitrogens is 4. The topological polar surface area (TPSA) is 115 Å². The van der Waals surface area contributed by atoms with E-state index < -0.39 is 4.92 Å². The van der Waals surface area contributed by atoms with Crippen LogP contribution in [0.2, 0.25) is 0 Å². The first-order valence-electron chi connectivity index (χ1n) is 9.78. The summed E-state index contributed by atoms with van der Waals surface area (Å²) in [6, 6.07) is 10.1. The molecule has 0 saturated carbocycles. The second kappa shape index (κ2) is 9.68. The van der Waals surface area contributed by atoms with Gasteiger partial charge < -0.3 is 10.6 Å². The van der Waals surface area contributed by atoms with E-state index in [4.69, 9.17) is 0 Å². The van der Waals surface area contributed by atoms with E-state index in [0.29, 0.717) is 25.6 Å². The summed E-state index contributed by atoms with van der Waals surface area (Å²) < 4.78 is 3.47. The fourth-order valence-corrected chi connectivity index (χ4v) is 3.09.